The smallest absolute Gasteiger partial charge is 0.348 e. The van der Waals surface area contributed by atoms with Crippen LogP contribution in [0.4, 0.5) is 0 Å². The maximum Gasteiger partial charge on any atom is 0.348 e. The Balaban J connectivity index is 1.72. The molecule has 2 atom stereocenters. The van der Waals surface area contributed by atoms with Crippen molar-refractivity contribution in [2.75, 3.05) is 13.2 Å². The second-order valence-electron chi connectivity index (χ2n) is 5.52. The van der Waals surface area contributed by atoms with Crippen molar-refractivity contribution in [3.05, 3.63) is 21.9 Å². The minimum Gasteiger partial charge on any atom is -0.462 e. The van der Waals surface area contributed by atoms with Gasteiger partial charge in [0.2, 0.25) is 5.91 Å². The molecular formula is C16H20N2O4S2. The highest BCUT2D eigenvalue weighted by atomic mass is 32.1. The predicted octanol–water partition coefficient (Wildman–Crippen LogP) is 2.26. The first-order chi connectivity index (χ1) is 11.6. The zero-order valence-corrected chi connectivity index (χ0v) is 15.0. The number of nitrogens with one attached hydrogen (secondary N) is 1. The van der Waals surface area contributed by atoms with Crippen molar-refractivity contribution in [3.63, 3.8) is 0 Å². The Morgan fingerprint density at radius 3 is 3.00 bits per heavy atom. The van der Waals surface area contributed by atoms with E-state index < -0.39 is 6.10 Å². The summed E-state index contributed by atoms with van der Waals surface area (Å²) in [5.41, 5.74) is 6.40. The van der Waals surface area contributed by atoms with Gasteiger partial charge in [-0.25, -0.2) is 4.79 Å². The molecule has 6 nitrogen and oxygen atoms in total. The van der Waals surface area contributed by atoms with E-state index in [-0.39, 0.29) is 18.0 Å². The van der Waals surface area contributed by atoms with Crippen LogP contribution in [0.15, 0.2) is 11.4 Å². The average Bonchev–Trinajstić information content (AvgIpc) is 3.28. The molecule has 8 heteroatoms. The molecule has 1 aliphatic rings. The second-order valence-corrected chi connectivity index (χ2v) is 7.49. The molecule has 3 heterocycles. The number of thiophene rings is 2. The highest BCUT2D eigenvalue weighted by molar-refractivity contribution is 7.28. The van der Waals surface area contributed by atoms with Gasteiger partial charge >= 0.3 is 5.97 Å². The minimum absolute atomic E-state index is 0.0407. The molecule has 1 saturated heterocycles. The first-order valence-corrected chi connectivity index (χ1v) is 9.62. The summed E-state index contributed by atoms with van der Waals surface area (Å²) in [4.78, 5) is 25.0. The van der Waals surface area contributed by atoms with E-state index in [1.54, 1.807) is 18.3 Å². The van der Waals surface area contributed by atoms with Gasteiger partial charge in [-0.2, -0.15) is 0 Å². The van der Waals surface area contributed by atoms with Crippen molar-refractivity contribution in [2.45, 2.75) is 38.5 Å². The van der Waals surface area contributed by atoms with Gasteiger partial charge in [-0.1, -0.05) is 0 Å². The molecule has 0 aliphatic carbocycles. The molecule has 130 valence electrons. The summed E-state index contributed by atoms with van der Waals surface area (Å²) in [5.74, 6) is -0.493. The van der Waals surface area contributed by atoms with Gasteiger partial charge in [0, 0.05) is 23.4 Å². The van der Waals surface area contributed by atoms with Crippen LogP contribution >= 0.6 is 22.7 Å². The van der Waals surface area contributed by atoms with Gasteiger partial charge < -0.3 is 20.5 Å². The molecule has 0 radical (unpaired) electrons. The van der Waals surface area contributed by atoms with Crippen LogP contribution in [0, 0.1) is 0 Å². The fourth-order valence-electron chi connectivity index (χ4n) is 2.76. The van der Waals surface area contributed by atoms with Crippen molar-refractivity contribution in [1.82, 2.24) is 5.32 Å². The molecule has 0 unspecified atom stereocenters. The zero-order valence-electron chi connectivity index (χ0n) is 13.4. The van der Waals surface area contributed by atoms with E-state index in [2.05, 4.69) is 5.32 Å². The van der Waals surface area contributed by atoms with Gasteiger partial charge in [0.15, 0.2) is 0 Å². The van der Waals surface area contributed by atoms with Crippen molar-refractivity contribution in [3.8, 4) is 0 Å². The lowest BCUT2D eigenvalue weighted by Gasteiger charge is -2.13. The summed E-state index contributed by atoms with van der Waals surface area (Å²) in [6.45, 7) is 2.82. The van der Waals surface area contributed by atoms with Gasteiger partial charge in [-0.15, -0.1) is 22.7 Å². The molecule has 0 bridgehead atoms. The number of ether oxygens (including phenoxy) is 2. The summed E-state index contributed by atoms with van der Waals surface area (Å²) in [6.07, 6.45) is 0.982. The van der Waals surface area contributed by atoms with Gasteiger partial charge in [0.1, 0.15) is 11.0 Å². The van der Waals surface area contributed by atoms with Crippen molar-refractivity contribution >= 4 is 43.9 Å². The number of hydrogen-bond acceptors (Lipinski definition) is 7. The third-order valence-electron chi connectivity index (χ3n) is 3.95. The molecule has 0 aromatic carbocycles. The molecule has 0 spiro atoms. The zero-order chi connectivity index (χ0) is 17.1. The molecule has 3 rings (SSSR count). The van der Waals surface area contributed by atoms with Gasteiger partial charge in [0.25, 0.3) is 0 Å². The standard InChI is InChI=1S/C16H20N2O4S2/c1-2-21-16(20)14-10(13-12(24-14)5-6-23-13)8-18-15(19)11-4-3-9(7-17)22-11/h5-6,9,11H,2-4,7-8,17H2,1H3,(H,18,19)/t9-,11+/m1/s1. The van der Waals surface area contributed by atoms with Crippen LogP contribution in [-0.4, -0.2) is 37.2 Å². The SMILES string of the molecule is CCOC(=O)c1sc2ccsc2c1CNC(=O)[C@@H]1CC[C@H](CN)O1. The molecule has 24 heavy (non-hydrogen) atoms. The maximum atomic E-state index is 12.3. The minimum atomic E-state index is -0.456. The molecule has 1 fully saturated rings. The first kappa shape index (κ1) is 17.3. The third-order valence-corrected chi connectivity index (χ3v) is 6.23. The molecule has 2 aromatic rings. The van der Waals surface area contributed by atoms with Crippen LogP contribution in [0.1, 0.15) is 35.0 Å². The van der Waals surface area contributed by atoms with Crippen LogP contribution in [0.3, 0.4) is 0 Å². The number of fused-ring (bicyclic) bond motifs is 1. The van der Waals surface area contributed by atoms with Crippen LogP contribution in [0.25, 0.3) is 9.40 Å². The van der Waals surface area contributed by atoms with E-state index in [0.29, 0.717) is 31.0 Å². The quantitative estimate of drug-likeness (QED) is 0.763. The number of carbonyl (C=O) groups is 2. The van der Waals surface area contributed by atoms with Gasteiger partial charge in [-0.3, -0.25) is 4.79 Å². The summed E-state index contributed by atoms with van der Waals surface area (Å²) >= 11 is 2.97. The topological polar surface area (TPSA) is 90.7 Å². The van der Waals surface area contributed by atoms with E-state index in [1.807, 2.05) is 11.4 Å². The molecule has 3 N–H and O–H groups in total. The summed E-state index contributed by atoms with van der Waals surface area (Å²) < 4.78 is 12.8. The normalized spacial score (nSPS) is 20.4. The van der Waals surface area contributed by atoms with E-state index in [9.17, 15) is 9.59 Å². The number of amides is 1. The Morgan fingerprint density at radius 1 is 1.46 bits per heavy atom. The summed E-state index contributed by atoms with van der Waals surface area (Å²) in [7, 11) is 0. The maximum absolute atomic E-state index is 12.3. The summed E-state index contributed by atoms with van der Waals surface area (Å²) in [5, 5.41) is 4.87. The second kappa shape index (κ2) is 7.60. The fraction of sp³-hybridized carbons (Fsp3) is 0.500. The third kappa shape index (κ3) is 3.46. The first-order valence-electron chi connectivity index (χ1n) is 7.93. The highest BCUT2D eigenvalue weighted by Gasteiger charge is 2.30. The molecule has 2 aromatic heterocycles. The van der Waals surface area contributed by atoms with Crippen LogP contribution in [-0.2, 0) is 20.8 Å². The summed E-state index contributed by atoms with van der Waals surface area (Å²) in [6, 6.07) is 1.98. The lowest BCUT2D eigenvalue weighted by Crippen LogP contribution is -2.35. The highest BCUT2D eigenvalue weighted by Crippen LogP contribution is 2.35. The van der Waals surface area contributed by atoms with Crippen molar-refractivity contribution in [1.29, 1.82) is 0 Å². The average molecular weight is 368 g/mol. The Labute approximate surface area is 147 Å². The molecule has 1 aliphatic heterocycles. The lowest BCUT2D eigenvalue weighted by molar-refractivity contribution is -0.132. The fourth-order valence-corrected chi connectivity index (χ4v) is 5.03. The van der Waals surface area contributed by atoms with Crippen molar-refractivity contribution in [2.24, 2.45) is 5.73 Å². The largest absolute Gasteiger partial charge is 0.462 e. The van der Waals surface area contributed by atoms with E-state index in [0.717, 1.165) is 21.4 Å². The monoisotopic (exact) mass is 368 g/mol. The number of hydrogen-bond donors (Lipinski definition) is 2. The number of rotatable bonds is 6. The molecular weight excluding hydrogens is 348 g/mol. The predicted molar refractivity (Wildman–Crippen MR) is 94.5 cm³/mol. The van der Waals surface area contributed by atoms with Crippen LogP contribution in [0.5, 0.6) is 0 Å². The van der Waals surface area contributed by atoms with Crippen molar-refractivity contribution < 1.29 is 19.1 Å². The van der Waals surface area contributed by atoms with E-state index in [4.69, 9.17) is 15.2 Å². The van der Waals surface area contributed by atoms with E-state index >= 15 is 0 Å². The van der Waals surface area contributed by atoms with Crippen LogP contribution < -0.4 is 11.1 Å². The Hall–Kier alpha value is -1.48. The Kier molecular flexibility index (Phi) is 5.50. The lowest BCUT2D eigenvalue weighted by atomic mass is 10.2. The van der Waals surface area contributed by atoms with Gasteiger partial charge in [-0.05, 0) is 31.2 Å². The Bertz CT molecular complexity index is 740. The molecule has 0 saturated carbocycles. The number of nitrogens with two attached hydrogens (primary N) is 1. The molecule has 1 amide bonds. The van der Waals surface area contributed by atoms with Gasteiger partial charge in [0.05, 0.1) is 17.4 Å². The Morgan fingerprint density at radius 2 is 2.29 bits per heavy atom. The number of esters is 1. The van der Waals surface area contributed by atoms with Crippen LogP contribution in [0.2, 0.25) is 0 Å². The number of carbonyl (C=O) groups excluding carboxylic acids is 2. The van der Waals surface area contributed by atoms with E-state index in [1.165, 1.54) is 11.3 Å².